The Balaban J connectivity index is 1.54. The van der Waals surface area contributed by atoms with Crippen LogP contribution >= 0.6 is 27.3 Å². The summed E-state index contributed by atoms with van der Waals surface area (Å²) in [4.78, 5) is 28.4. The minimum atomic E-state index is -0.0609. The first-order valence-electron chi connectivity index (χ1n) is 10.3. The largest absolute Gasteiger partial charge is 0.353 e. The number of anilines is 1. The number of thiophene rings is 1. The highest BCUT2D eigenvalue weighted by Gasteiger charge is 2.24. The molecule has 0 spiro atoms. The number of hydrogen-bond acceptors (Lipinski definition) is 6. The summed E-state index contributed by atoms with van der Waals surface area (Å²) in [5.41, 5.74) is 2.02. The van der Waals surface area contributed by atoms with Crippen molar-refractivity contribution in [3.63, 3.8) is 0 Å². The molecule has 1 aliphatic rings. The van der Waals surface area contributed by atoms with Gasteiger partial charge in [0.25, 0.3) is 5.91 Å². The summed E-state index contributed by atoms with van der Waals surface area (Å²) in [6.07, 6.45) is 2.80. The molecule has 158 valence electrons. The zero-order valence-electron chi connectivity index (χ0n) is 17.3. The molecule has 4 rings (SSSR count). The van der Waals surface area contributed by atoms with Crippen molar-refractivity contribution >= 4 is 49.2 Å². The number of carbonyl (C=O) groups is 1. The van der Waals surface area contributed by atoms with Crippen molar-refractivity contribution in [1.82, 2.24) is 20.2 Å². The van der Waals surface area contributed by atoms with Crippen LogP contribution in [0.15, 0.2) is 35.1 Å². The Kier molecular flexibility index (Phi) is 6.65. The predicted octanol–water partition coefficient (Wildman–Crippen LogP) is 4.22. The number of aromatic nitrogens is 2. The summed E-state index contributed by atoms with van der Waals surface area (Å²) in [6.45, 7) is 9.85. The van der Waals surface area contributed by atoms with Gasteiger partial charge in [-0.15, -0.1) is 11.3 Å². The van der Waals surface area contributed by atoms with Crippen LogP contribution in [-0.2, 0) is 6.54 Å². The van der Waals surface area contributed by atoms with Crippen molar-refractivity contribution in [2.75, 3.05) is 37.6 Å². The fourth-order valence-corrected chi connectivity index (χ4v) is 5.42. The van der Waals surface area contributed by atoms with Gasteiger partial charge in [0, 0.05) is 37.2 Å². The molecule has 0 unspecified atom stereocenters. The summed E-state index contributed by atoms with van der Waals surface area (Å²) in [6, 6.07) is 7.96. The summed E-state index contributed by atoms with van der Waals surface area (Å²) >= 11 is 4.92. The first-order chi connectivity index (χ1) is 14.6. The zero-order chi connectivity index (χ0) is 21.1. The van der Waals surface area contributed by atoms with Crippen molar-refractivity contribution < 1.29 is 4.79 Å². The molecule has 3 aromatic rings. The lowest BCUT2D eigenvalue weighted by molar-refractivity contribution is 0.0954. The van der Waals surface area contributed by atoms with E-state index in [1.165, 1.54) is 17.8 Å². The summed E-state index contributed by atoms with van der Waals surface area (Å²) in [5.74, 6) is 0.894. The van der Waals surface area contributed by atoms with E-state index in [0.29, 0.717) is 11.4 Å². The smallest absolute Gasteiger partial charge is 0.261 e. The van der Waals surface area contributed by atoms with Gasteiger partial charge in [-0.3, -0.25) is 9.69 Å². The maximum atomic E-state index is 12.9. The quantitative estimate of drug-likeness (QED) is 0.563. The molecule has 1 aromatic carbocycles. The highest BCUT2D eigenvalue weighted by Crippen LogP contribution is 2.35. The van der Waals surface area contributed by atoms with Crippen molar-refractivity contribution in [3.8, 4) is 0 Å². The monoisotopic (exact) mass is 487 g/mol. The average molecular weight is 488 g/mol. The van der Waals surface area contributed by atoms with Crippen LogP contribution in [0, 0.1) is 6.92 Å². The molecule has 0 saturated carbocycles. The number of piperazine rings is 1. The van der Waals surface area contributed by atoms with Gasteiger partial charge in [-0.25, -0.2) is 9.97 Å². The lowest BCUT2D eigenvalue weighted by Crippen LogP contribution is -2.46. The minimum absolute atomic E-state index is 0.0609. The third kappa shape index (κ3) is 4.50. The first kappa shape index (κ1) is 21.2. The minimum Gasteiger partial charge on any atom is -0.353 e. The fourth-order valence-electron chi connectivity index (χ4n) is 3.92. The van der Waals surface area contributed by atoms with E-state index in [0.717, 1.165) is 64.4 Å². The van der Waals surface area contributed by atoms with Crippen LogP contribution in [0.4, 0.5) is 5.82 Å². The molecule has 6 nitrogen and oxygen atoms in total. The van der Waals surface area contributed by atoms with E-state index in [-0.39, 0.29) is 5.91 Å². The van der Waals surface area contributed by atoms with Gasteiger partial charge in [0.15, 0.2) is 0 Å². The van der Waals surface area contributed by atoms with Crippen LogP contribution in [0.3, 0.4) is 0 Å². The molecule has 1 fully saturated rings. The van der Waals surface area contributed by atoms with E-state index in [4.69, 9.17) is 0 Å². The molecule has 1 aliphatic heterocycles. The van der Waals surface area contributed by atoms with Gasteiger partial charge in [0.2, 0.25) is 0 Å². The van der Waals surface area contributed by atoms with E-state index in [9.17, 15) is 4.79 Å². The van der Waals surface area contributed by atoms with Crippen LogP contribution in [0.1, 0.15) is 34.1 Å². The molecule has 30 heavy (non-hydrogen) atoms. The Morgan fingerprint density at radius 2 is 2.03 bits per heavy atom. The molecule has 1 amide bonds. The fraction of sp³-hybridized carbons (Fsp3) is 0.409. The normalized spacial score (nSPS) is 15.0. The Labute approximate surface area is 189 Å². The van der Waals surface area contributed by atoms with Crippen LogP contribution < -0.4 is 10.2 Å². The third-order valence-electron chi connectivity index (χ3n) is 5.47. The molecule has 1 N–H and O–H groups in total. The summed E-state index contributed by atoms with van der Waals surface area (Å²) in [5, 5.41) is 4.06. The second-order valence-electron chi connectivity index (χ2n) is 7.57. The molecule has 0 radical (unpaired) electrons. The number of nitrogens with one attached hydrogen (secondary N) is 1. The number of rotatable bonds is 6. The molecule has 0 aliphatic carbocycles. The molecule has 0 bridgehead atoms. The van der Waals surface area contributed by atoms with Gasteiger partial charge in [0.1, 0.15) is 17.0 Å². The van der Waals surface area contributed by atoms with Crippen molar-refractivity contribution in [3.05, 3.63) is 51.1 Å². The van der Waals surface area contributed by atoms with Crippen LogP contribution in [0.2, 0.25) is 0 Å². The molecule has 0 atom stereocenters. The number of nitrogens with zero attached hydrogens (tertiary/aromatic N) is 4. The number of benzene rings is 1. The number of carbonyl (C=O) groups excluding carboxylic acids is 1. The second kappa shape index (κ2) is 9.41. The molecular formula is C22H26BrN5OS. The lowest BCUT2D eigenvalue weighted by Gasteiger charge is -2.35. The molecular weight excluding hydrogens is 462 g/mol. The highest BCUT2D eigenvalue weighted by molar-refractivity contribution is 9.10. The van der Waals surface area contributed by atoms with Crippen molar-refractivity contribution in [2.45, 2.75) is 26.8 Å². The lowest BCUT2D eigenvalue weighted by atomic mass is 10.1. The van der Waals surface area contributed by atoms with Gasteiger partial charge in [-0.2, -0.15) is 0 Å². The second-order valence-corrected chi connectivity index (χ2v) is 9.49. The number of halogens is 1. The van der Waals surface area contributed by atoms with Gasteiger partial charge in [-0.1, -0.05) is 35.0 Å². The maximum Gasteiger partial charge on any atom is 0.261 e. The summed E-state index contributed by atoms with van der Waals surface area (Å²) in [7, 11) is 0. The van der Waals surface area contributed by atoms with Crippen LogP contribution in [0.5, 0.6) is 0 Å². The summed E-state index contributed by atoms with van der Waals surface area (Å²) < 4.78 is 1.01. The van der Waals surface area contributed by atoms with E-state index in [1.807, 2.05) is 31.2 Å². The van der Waals surface area contributed by atoms with Crippen LogP contribution in [0.25, 0.3) is 10.2 Å². The number of hydrogen-bond donors (Lipinski definition) is 1. The van der Waals surface area contributed by atoms with Crippen molar-refractivity contribution in [1.29, 1.82) is 0 Å². The van der Waals surface area contributed by atoms with E-state index >= 15 is 0 Å². The Morgan fingerprint density at radius 1 is 1.23 bits per heavy atom. The van der Waals surface area contributed by atoms with E-state index in [1.54, 1.807) is 6.33 Å². The molecule has 2 aromatic heterocycles. The number of amides is 1. The van der Waals surface area contributed by atoms with E-state index < -0.39 is 0 Å². The third-order valence-corrected chi connectivity index (χ3v) is 7.16. The molecule has 1 saturated heterocycles. The first-order valence-corrected chi connectivity index (χ1v) is 11.9. The predicted molar refractivity (Wildman–Crippen MR) is 126 cm³/mol. The van der Waals surface area contributed by atoms with E-state index in [2.05, 4.69) is 47.9 Å². The SMILES string of the molecule is CCCN1CCN(c2ncnc3sc(C(=O)NCc4cccc(Br)c4)c(C)c23)CC1. The van der Waals surface area contributed by atoms with Crippen molar-refractivity contribution in [2.24, 2.45) is 0 Å². The standard InChI is InChI=1S/C22H26BrN5OS/c1-3-7-27-8-10-28(11-9-27)20-18-15(2)19(30-22(18)26-14-25-20)21(29)24-13-16-5-4-6-17(23)12-16/h4-6,12,14H,3,7-11,13H2,1-2H3,(H,24,29). The van der Waals surface area contributed by atoms with Gasteiger partial charge < -0.3 is 10.2 Å². The topological polar surface area (TPSA) is 61.4 Å². The van der Waals surface area contributed by atoms with Gasteiger partial charge in [-0.05, 0) is 43.1 Å². The zero-order valence-corrected chi connectivity index (χ0v) is 19.7. The molecule has 8 heteroatoms. The number of fused-ring (bicyclic) bond motifs is 1. The number of aryl methyl sites for hydroxylation is 1. The highest BCUT2D eigenvalue weighted by atomic mass is 79.9. The maximum absolute atomic E-state index is 12.9. The van der Waals surface area contributed by atoms with Gasteiger partial charge >= 0.3 is 0 Å². The average Bonchev–Trinajstić information content (AvgIpc) is 3.10. The van der Waals surface area contributed by atoms with Gasteiger partial charge in [0.05, 0.1) is 10.3 Å². The Hall–Kier alpha value is -2.03. The van der Waals surface area contributed by atoms with Crippen LogP contribution in [-0.4, -0.2) is 53.5 Å². The Morgan fingerprint density at radius 3 is 2.77 bits per heavy atom. The Bertz CT molecular complexity index is 1050. The molecule has 3 heterocycles.